The summed E-state index contributed by atoms with van der Waals surface area (Å²) in [5, 5.41) is 16.6. The fourth-order valence-electron chi connectivity index (χ4n) is 2.11. The molecule has 0 aliphatic rings. The van der Waals surface area contributed by atoms with Gasteiger partial charge in [0.25, 0.3) is 0 Å². The van der Waals surface area contributed by atoms with Crippen molar-refractivity contribution >= 4 is 11.8 Å². The Morgan fingerprint density at radius 3 is 2.60 bits per heavy atom. The monoisotopic (exact) mass is 274 g/mol. The Hall–Kier alpha value is -2.37. The van der Waals surface area contributed by atoms with Gasteiger partial charge in [0.2, 0.25) is 0 Å². The molecule has 2 rings (SSSR count). The molecule has 0 bridgehead atoms. The summed E-state index contributed by atoms with van der Waals surface area (Å²) in [6.45, 7) is 6.25. The lowest BCUT2D eigenvalue weighted by Crippen LogP contribution is -2.10. The van der Waals surface area contributed by atoms with Gasteiger partial charge in [0.05, 0.1) is 5.69 Å². The molecule has 2 aromatic rings. The van der Waals surface area contributed by atoms with Crippen LogP contribution >= 0.6 is 0 Å². The van der Waals surface area contributed by atoms with Gasteiger partial charge in [0.15, 0.2) is 0 Å². The summed E-state index contributed by atoms with van der Waals surface area (Å²) in [5.41, 5.74) is 4.00. The van der Waals surface area contributed by atoms with Crippen molar-refractivity contribution in [3.63, 3.8) is 0 Å². The largest absolute Gasteiger partial charge is 0.478 e. The lowest BCUT2D eigenvalue weighted by Gasteiger charge is -2.10. The number of anilines is 1. The molecule has 0 spiro atoms. The standard InChI is InChI=1S/C14H18N4O2/c1-8-5-6-11(14(19)20)13(16-8)15-7-12-9(2)17-18(4)10(12)3/h5-6H,7H2,1-4H3,(H,15,16)(H,19,20). The molecule has 6 nitrogen and oxygen atoms in total. The second-order valence-electron chi connectivity index (χ2n) is 4.78. The number of carbonyl (C=O) groups is 1. The second kappa shape index (κ2) is 5.32. The molecule has 2 aromatic heterocycles. The third kappa shape index (κ3) is 2.64. The van der Waals surface area contributed by atoms with Gasteiger partial charge in [-0.05, 0) is 32.9 Å². The molecule has 0 unspecified atom stereocenters. The van der Waals surface area contributed by atoms with Crippen molar-refractivity contribution in [2.24, 2.45) is 7.05 Å². The fraction of sp³-hybridized carbons (Fsp3) is 0.357. The highest BCUT2D eigenvalue weighted by atomic mass is 16.4. The molecule has 0 atom stereocenters. The Labute approximate surface area is 117 Å². The van der Waals surface area contributed by atoms with Crippen molar-refractivity contribution in [1.29, 1.82) is 0 Å². The minimum atomic E-state index is -0.986. The van der Waals surface area contributed by atoms with Gasteiger partial charge in [0.1, 0.15) is 11.4 Å². The first-order valence-electron chi connectivity index (χ1n) is 6.34. The van der Waals surface area contributed by atoms with E-state index in [2.05, 4.69) is 15.4 Å². The van der Waals surface area contributed by atoms with E-state index in [1.165, 1.54) is 0 Å². The van der Waals surface area contributed by atoms with E-state index < -0.39 is 5.97 Å². The Morgan fingerprint density at radius 2 is 2.05 bits per heavy atom. The lowest BCUT2D eigenvalue weighted by atomic mass is 10.2. The van der Waals surface area contributed by atoms with E-state index in [1.807, 2.05) is 32.5 Å². The number of nitrogens with zero attached hydrogens (tertiary/aromatic N) is 3. The molecule has 0 radical (unpaired) electrons. The molecule has 0 saturated heterocycles. The number of hydrogen-bond acceptors (Lipinski definition) is 4. The van der Waals surface area contributed by atoms with Crippen LogP contribution in [-0.4, -0.2) is 25.8 Å². The lowest BCUT2D eigenvalue weighted by molar-refractivity contribution is 0.0697. The van der Waals surface area contributed by atoms with E-state index in [0.717, 1.165) is 22.6 Å². The van der Waals surface area contributed by atoms with Crippen molar-refractivity contribution in [3.8, 4) is 0 Å². The van der Waals surface area contributed by atoms with Crippen LogP contribution in [0.3, 0.4) is 0 Å². The van der Waals surface area contributed by atoms with Crippen LogP contribution in [0.25, 0.3) is 0 Å². The fourth-order valence-corrected chi connectivity index (χ4v) is 2.11. The minimum absolute atomic E-state index is 0.176. The molecular formula is C14H18N4O2. The third-order valence-corrected chi connectivity index (χ3v) is 3.36. The minimum Gasteiger partial charge on any atom is -0.478 e. The first kappa shape index (κ1) is 14.0. The number of aromatic nitrogens is 3. The zero-order valence-electron chi connectivity index (χ0n) is 12.1. The molecule has 0 amide bonds. The molecule has 106 valence electrons. The summed E-state index contributed by atoms with van der Waals surface area (Å²) < 4.78 is 1.81. The van der Waals surface area contributed by atoms with Crippen molar-refractivity contribution in [1.82, 2.24) is 14.8 Å². The Kier molecular flexibility index (Phi) is 3.74. The van der Waals surface area contributed by atoms with E-state index in [0.29, 0.717) is 12.4 Å². The van der Waals surface area contributed by atoms with Crippen LogP contribution in [0.1, 0.15) is 33.0 Å². The van der Waals surface area contributed by atoms with Crippen LogP contribution < -0.4 is 5.32 Å². The van der Waals surface area contributed by atoms with Crippen LogP contribution in [-0.2, 0) is 13.6 Å². The summed E-state index contributed by atoms with van der Waals surface area (Å²) in [7, 11) is 1.89. The van der Waals surface area contributed by atoms with E-state index in [4.69, 9.17) is 0 Å². The molecule has 0 fully saturated rings. The predicted molar refractivity (Wildman–Crippen MR) is 75.9 cm³/mol. The van der Waals surface area contributed by atoms with E-state index in [9.17, 15) is 9.90 Å². The van der Waals surface area contributed by atoms with Gasteiger partial charge >= 0.3 is 5.97 Å². The maximum Gasteiger partial charge on any atom is 0.339 e. The normalized spacial score (nSPS) is 10.6. The smallest absolute Gasteiger partial charge is 0.339 e. The van der Waals surface area contributed by atoms with Gasteiger partial charge < -0.3 is 10.4 Å². The number of rotatable bonds is 4. The Balaban J connectivity index is 2.27. The maximum absolute atomic E-state index is 11.2. The van der Waals surface area contributed by atoms with Crippen LogP contribution in [0.4, 0.5) is 5.82 Å². The maximum atomic E-state index is 11.2. The summed E-state index contributed by atoms with van der Waals surface area (Å²) >= 11 is 0. The summed E-state index contributed by atoms with van der Waals surface area (Å²) in [4.78, 5) is 15.4. The van der Waals surface area contributed by atoms with Crippen molar-refractivity contribution < 1.29 is 9.90 Å². The van der Waals surface area contributed by atoms with Crippen LogP contribution in [0, 0.1) is 20.8 Å². The van der Waals surface area contributed by atoms with Crippen molar-refractivity contribution in [3.05, 3.63) is 40.3 Å². The van der Waals surface area contributed by atoms with Gasteiger partial charge in [-0.2, -0.15) is 5.10 Å². The SMILES string of the molecule is Cc1ccc(C(=O)O)c(NCc2c(C)nn(C)c2C)n1. The number of hydrogen-bond donors (Lipinski definition) is 2. The molecule has 0 aliphatic carbocycles. The molecule has 0 saturated carbocycles. The third-order valence-electron chi connectivity index (χ3n) is 3.36. The Bertz CT molecular complexity index is 661. The van der Waals surface area contributed by atoms with Gasteiger partial charge in [0, 0.05) is 30.5 Å². The van der Waals surface area contributed by atoms with Crippen LogP contribution in [0.15, 0.2) is 12.1 Å². The molecule has 20 heavy (non-hydrogen) atoms. The predicted octanol–water partition coefficient (Wildman–Crippen LogP) is 2.05. The first-order valence-corrected chi connectivity index (χ1v) is 6.34. The van der Waals surface area contributed by atoms with Gasteiger partial charge in [-0.3, -0.25) is 4.68 Å². The molecule has 0 aromatic carbocycles. The number of nitrogens with one attached hydrogen (secondary N) is 1. The van der Waals surface area contributed by atoms with Gasteiger partial charge in [-0.25, -0.2) is 9.78 Å². The van der Waals surface area contributed by atoms with Crippen molar-refractivity contribution in [2.75, 3.05) is 5.32 Å². The highest BCUT2D eigenvalue weighted by Crippen LogP contribution is 2.17. The number of carboxylic acid groups (broad SMARTS) is 1. The second-order valence-corrected chi connectivity index (χ2v) is 4.78. The molecule has 6 heteroatoms. The number of aromatic carboxylic acids is 1. The zero-order chi connectivity index (χ0) is 14.9. The number of aryl methyl sites for hydroxylation is 3. The van der Waals surface area contributed by atoms with Crippen LogP contribution in [0.5, 0.6) is 0 Å². The highest BCUT2D eigenvalue weighted by Gasteiger charge is 2.14. The van der Waals surface area contributed by atoms with Crippen LogP contribution in [0.2, 0.25) is 0 Å². The summed E-state index contributed by atoms with van der Waals surface area (Å²) in [6, 6.07) is 3.26. The van der Waals surface area contributed by atoms with E-state index >= 15 is 0 Å². The highest BCUT2D eigenvalue weighted by molar-refractivity contribution is 5.93. The van der Waals surface area contributed by atoms with Gasteiger partial charge in [-0.15, -0.1) is 0 Å². The average Bonchev–Trinajstić information content (AvgIpc) is 2.61. The van der Waals surface area contributed by atoms with Crippen molar-refractivity contribution in [2.45, 2.75) is 27.3 Å². The average molecular weight is 274 g/mol. The molecular weight excluding hydrogens is 256 g/mol. The molecule has 2 heterocycles. The summed E-state index contributed by atoms with van der Waals surface area (Å²) in [5.74, 6) is -0.597. The molecule has 2 N–H and O–H groups in total. The number of carboxylic acids is 1. The van der Waals surface area contributed by atoms with E-state index in [1.54, 1.807) is 12.1 Å². The number of pyridine rings is 1. The summed E-state index contributed by atoms with van der Waals surface area (Å²) in [6.07, 6.45) is 0. The first-order chi connectivity index (χ1) is 9.40. The topological polar surface area (TPSA) is 80.0 Å². The quantitative estimate of drug-likeness (QED) is 0.892. The molecule has 0 aliphatic heterocycles. The van der Waals surface area contributed by atoms with E-state index in [-0.39, 0.29) is 5.56 Å². The zero-order valence-corrected chi connectivity index (χ0v) is 12.1. The Morgan fingerprint density at radius 1 is 1.35 bits per heavy atom. The van der Waals surface area contributed by atoms with Gasteiger partial charge in [-0.1, -0.05) is 0 Å².